The number of rotatable bonds is 12. The summed E-state index contributed by atoms with van der Waals surface area (Å²) in [5, 5.41) is 11.3. The Morgan fingerprint density at radius 1 is 1.05 bits per heavy atom. The van der Waals surface area contributed by atoms with E-state index < -0.39 is 47.6 Å². The van der Waals surface area contributed by atoms with Crippen molar-refractivity contribution in [1.29, 1.82) is 0 Å². The Balaban J connectivity index is 1.73. The smallest absolute Gasteiger partial charge is 0.289 e. The number of carbonyl (C=O) groups is 5. The Morgan fingerprint density at radius 3 is 2.28 bits per heavy atom. The fourth-order valence-electron chi connectivity index (χ4n) is 4.23. The summed E-state index contributed by atoms with van der Waals surface area (Å²) in [6.45, 7) is 7.69. The van der Waals surface area contributed by atoms with E-state index in [1.807, 2.05) is 20.8 Å². The van der Waals surface area contributed by atoms with Crippen molar-refractivity contribution in [2.24, 2.45) is 11.3 Å². The number of hydrogen-bond donors (Lipinski definition) is 4. The Morgan fingerprint density at radius 2 is 1.72 bits per heavy atom. The second-order valence-corrected chi connectivity index (χ2v) is 12.2. The lowest BCUT2D eigenvalue weighted by atomic mass is 9.87. The number of nitrogens with one attached hydrogen (secondary N) is 4. The second-order valence-electron chi connectivity index (χ2n) is 11.3. The molecule has 214 valence electrons. The Bertz CT molecular complexity index is 1120. The highest BCUT2D eigenvalue weighted by Crippen LogP contribution is 2.28. The lowest BCUT2D eigenvalue weighted by molar-refractivity contribution is -0.141. The lowest BCUT2D eigenvalue weighted by Gasteiger charge is -2.29. The molecule has 0 radical (unpaired) electrons. The van der Waals surface area contributed by atoms with Crippen molar-refractivity contribution in [3.63, 3.8) is 0 Å². The average molecular weight is 584 g/mol. The summed E-state index contributed by atoms with van der Waals surface area (Å²) in [6, 6.07) is 2.30. The van der Waals surface area contributed by atoms with Gasteiger partial charge in [0.2, 0.25) is 17.6 Å². The van der Waals surface area contributed by atoms with Gasteiger partial charge in [0.15, 0.2) is 6.10 Å². The molecule has 2 aliphatic rings. The molecular formula is C27H36Cl2N4O6. The van der Waals surface area contributed by atoms with Gasteiger partial charge >= 0.3 is 0 Å². The molecule has 1 aliphatic heterocycles. The highest BCUT2D eigenvalue weighted by molar-refractivity contribution is 6.38. The van der Waals surface area contributed by atoms with Crippen LogP contribution in [0.4, 0.5) is 0 Å². The first-order valence-corrected chi connectivity index (χ1v) is 13.8. The van der Waals surface area contributed by atoms with Crippen molar-refractivity contribution in [1.82, 2.24) is 21.3 Å². The summed E-state index contributed by atoms with van der Waals surface area (Å²) in [5.41, 5.74) is -0.382. The zero-order valence-electron chi connectivity index (χ0n) is 22.6. The van der Waals surface area contributed by atoms with E-state index >= 15 is 0 Å². The molecule has 1 saturated heterocycles. The molecular weight excluding hydrogens is 547 g/mol. The minimum atomic E-state index is -1.22. The summed E-state index contributed by atoms with van der Waals surface area (Å²) in [7, 11) is 0. The van der Waals surface area contributed by atoms with Crippen molar-refractivity contribution in [3.05, 3.63) is 28.2 Å². The number of Topliss-reactive ketones (excluding diaryl/α,β-unsaturated/α-hetero) is 1. The number of ketones is 1. The van der Waals surface area contributed by atoms with E-state index in [0.717, 1.165) is 12.8 Å². The predicted molar refractivity (Wildman–Crippen MR) is 146 cm³/mol. The summed E-state index contributed by atoms with van der Waals surface area (Å²) in [6.07, 6.45) is 1.29. The summed E-state index contributed by atoms with van der Waals surface area (Å²) < 4.78 is 5.68. The molecule has 2 fully saturated rings. The molecule has 1 aromatic carbocycles. The van der Waals surface area contributed by atoms with Crippen molar-refractivity contribution in [3.8, 4) is 5.75 Å². The third-order valence-corrected chi connectivity index (χ3v) is 7.00. The van der Waals surface area contributed by atoms with E-state index in [2.05, 4.69) is 21.3 Å². The molecule has 4 N–H and O–H groups in total. The van der Waals surface area contributed by atoms with Crippen LogP contribution in [0.1, 0.15) is 59.8 Å². The summed E-state index contributed by atoms with van der Waals surface area (Å²) in [5.74, 6) is -3.30. The molecule has 0 spiro atoms. The molecule has 1 aliphatic carbocycles. The third kappa shape index (κ3) is 9.39. The van der Waals surface area contributed by atoms with Crippen LogP contribution in [0.25, 0.3) is 0 Å². The topological polar surface area (TPSA) is 143 Å². The van der Waals surface area contributed by atoms with E-state index in [9.17, 15) is 24.0 Å². The summed E-state index contributed by atoms with van der Waals surface area (Å²) in [4.78, 5) is 64.3. The molecule has 12 heteroatoms. The van der Waals surface area contributed by atoms with Gasteiger partial charge in [-0.3, -0.25) is 24.0 Å². The maximum Gasteiger partial charge on any atom is 0.289 e. The van der Waals surface area contributed by atoms with E-state index in [-0.39, 0.29) is 41.0 Å². The van der Waals surface area contributed by atoms with E-state index in [4.69, 9.17) is 27.9 Å². The molecule has 1 saturated carbocycles. The number of carbonyl (C=O) groups excluding carboxylic acids is 5. The highest BCUT2D eigenvalue weighted by atomic mass is 35.5. The van der Waals surface area contributed by atoms with E-state index in [1.165, 1.54) is 19.1 Å². The molecule has 10 nitrogen and oxygen atoms in total. The summed E-state index contributed by atoms with van der Waals surface area (Å²) >= 11 is 12.1. The molecule has 1 aromatic rings. The molecule has 3 rings (SSSR count). The van der Waals surface area contributed by atoms with Gasteiger partial charge in [-0.05, 0) is 62.6 Å². The van der Waals surface area contributed by atoms with Gasteiger partial charge in [0, 0.05) is 23.5 Å². The zero-order valence-corrected chi connectivity index (χ0v) is 24.1. The second kappa shape index (κ2) is 13.0. The maximum absolute atomic E-state index is 13.5. The number of hydrogen-bond acceptors (Lipinski definition) is 6. The number of halogens is 2. The average Bonchev–Trinajstić information content (AvgIpc) is 3.57. The molecule has 4 atom stereocenters. The number of amides is 4. The van der Waals surface area contributed by atoms with Crippen LogP contribution >= 0.6 is 23.2 Å². The van der Waals surface area contributed by atoms with Crippen LogP contribution in [-0.2, 0) is 24.0 Å². The molecule has 0 aromatic heterocycles. The minimum Gasteiger partial charge on any atom is -0.479 e. The van der Waals surface area contributed by atoms with Crippen LogP contribution in [0.5, 0.6) is 5.75 Å². The molecule has 1 heterocycles. The van der Waals surface area contributed by atoms with Crippen LogP contribution < -0.4 is 26.0 Å². The normalized spacial score (nSPS) is 19.3. The Hall–Kier alpha value is -2.85. The van der Waals surface area contributed by atoms with Crippen LogP contribution in [0.2, 0.25) is 10.0 Å². The first kappa shape index (κ1) is 30.7. The predicted octanol–water partition coefficient (Wildman–Crippen LogP) is 2.54. The van der Waals surface area contributed by atoms with Gasteiger partial charge in [0.1, 0.15) is 11.8 Å². The number of ether oxygens (including phenoxy) is 1. The van der Waals surface area contributed by atoms with Crippen LogP contribution in [0.3, 0.4) is 0 Å². The van der Waals surface area contributed by atoms with Crippen LogP contribution in [0, 0.1) is 11.3 Å². The van der Waals surface area contributed by atoms with Gasteiger partial charge in [-0.1, -0.05) is 44.0 Å². The molecule has 3 unspecified atom stereocenters. The van der Waals surface area contributed by atoms with Gasteiger partial charge in [-0.15, -0.1) is 0 Å². The number of benzene rings is 1. The van der Waals surface area contributed by atoms with Gasteiger partial charge in [-0.25, -0.2) is 0 Å². The lowest BCUT2D eigenvalue weighted by Crippen LogP contribution is -2.56. The van der Waals surface area contributed by atoms with Crippen molar-refractivity contribution in [2.45, 2.75) is 84.0 Å². The SMILES string of the molecule is CC(Oc1ccc(Cl)cc1Cl)C(=O)NC(CC(C)(C)C)C(=O)NC(C[C@@H]1CCNC1=O)C(=O)C(=O)NC1CC1. The highest BCUT2D eigenvalue weighted by Gasteiger charge is 2.38. The zero-order chi connectivity index (χ0) is 28.9. The Kier molecular flexibility index (Phi) is 10.2. The standard InChI is InChI=1S/C27H36Cl2N4O6/c1-14(39-21-8-5-16(28)12-18(21)29)23(35)33-20(13-27(2,3)4)25(37)32-19(11-15-9-10-30-24(15)36)22(34)26(38)31-17-6-7-17/h5,8,12,14-15,17,19-20H,6-7,9-11,13H2,1-4H3,(H,30,36)(H,31,38)(H,32,37)(H,33,35)/t14?,15-,19?,20?/m0/s1. The molecule has 4 amide bonds. The first-order valence-electron chi connectivity index (χ1n) is 13.1. The minimum absolute atomic E-state index is 0.0146. The maximum atomic E-state index is 13.5. The van der Waals surface area contributed by atoms with Crippen molar-refractivity contribution in [2.75, 3.05) is 6.54 Å². The fraction of sp³-hybridized carbons (Fsp3) is 0.593. The van der Waals surface area contributed by atoms with Gasteiger partial charge in [0.05, 0.1) is 11.1 Å². The van der Waals surface area contributed by atoms with Crippen LogP contribution in [0.15, 0.2) is 18.2 Å². The molecule has 0 bridgehead atoms. The Labute approximate surface area is 238 Å². The van der Waals surface area contributed by atoms with Crippen molar-refractivity contribution >= 4 is 52.6 Å². The van der Waals surface area contributed by atoms with E-state index in [1.54, 1.807) is 6.07 Å². The third-order valence-electron chi connectivity index (χ3n) is 6.47. The van der Waals surface area contributed by atoms with Crippen LogP contribution in [-0.4, -0.2) is 60.2 Å². The first-order chi connectivity index (χ1) is 18.2. The fourth-order valence-corrected chi connectivity index (χ4v) is 4.68. The van der Waals surface area contributed by atoms with Crippen molar-refractivity contribution < 1.29 is 28.7 Å². The quantitative estimate of drug-likeness (QED) is 0.279. The largest absolute Gasteiger partial charge is 0.479 e. The van der Waals surface area contributed by atoms with Gasteiger partial charge in [-0.2, -0.15) is 0 Å². The molecule has 39 heavy (non-hydrogen) atoms. The van der Waals surface area contributed by atoms with E-state index in [0.29, 0.717) is 18.0 Å². The monoisotopic (exact) mass is 582 g/mol. The van der Waals surface area contributed by atoms with Gasteiger partial charge < -0.3 is 26.0 Å². The van der Waals surface area contributed by atoms with Gasteiger partial charge in [0.25, 0.3) is 11.8 Å².